The van der Waals surface area contributed by atoms with E-state index in [4.69, 9.17) is 22.1 Å². The maximum Gasteiger partial charge on any atom is 0.253 e. The fourth-order valence-electron chi connectivity index (χ4n) is 2.39. The Morgan fingerprint density at radius 1 is 1.38 bits per heavy atom. The number of carbonyl (C=O) groups excluding carboxylic acids is 3. The van der Waals surface area contributed by atoms with Crippen molar-refractivity contribution < 1.29 is 24.0 Å². The average molecular weight is 360 g/mol. The first-order valence-electron chi connectivity index (χ1n) is 7.51. The minimum atomic E-state index is -1.27. The van der Waals surface area contributed by atoms with Crippen molar-refractivity contribution in [2.24, 2.45) is 5.92 Å². The number of hydrogen-bond donors (Lipinski definition) is 2. The number of nitrogens with zero attached hydrogens (tertiary/aromatic N) is 2. The molecule has 9 heteroatoms. The molecule has 0 spiro atoms. The quantitative estimate of drug-likeness (QED) is 0.265. The van der Waals surface area contributed by atoms with Crippen molar-refractivity contribution in [3.05, 3.63) is 12.2 Å². The van der Waals surface area contributed by atoms with Gasteiger partial charge in [-0.15, -0.1) is 11.6 Å². The summed E-state index contributed by atoms with van der Waals surface area (Å²) >= 11 is 5.90. The van der Waals surface area contributed by atoms with E-state index in [9.17, 15) is 18.8 Å². The van der Waals surface area contributed by atoms with Crippen LogP contribution in [0.2, 0.25) is 0 Å². The van der Waals surface area contributed by atoms with Crippen molar-refractivity contribution in [2.75, 3.05) is 6.54 Å². The highest BCUT2D eigenvalue weighted by Crippen LogP contribution is 2.22. The van der Waals surface area contributed by atoms with Gasteiger partial charge in [0.2, 0.25) is 5.91 Å². The van der Waals surface area contributed by atoms with E-state index in [1.165, 1.54) is 17.6 Å². The Bertz CT molecular complexity index is 531. The van der Waals surface area contributed by atoms with Crippen molar-refractivity contribution >= 4 is 29.3 Å². The smallest absolute Gasteiger partial charge is 0.253 e. The molecule has 0 saturated heterocycles. The zero-order valence-corrected chi connectivity index (χ0v) is 13.7. The van der Waals surface area contributed by atoms with Gasteiger partial charge in [-0.05, 0) is 25.7 Å². The van der Waals surface area contributed by atoms with Crippen LogP contribution in [0.4, 0.5) is 4.39 Å². The van der Waals surface area contributed by atoms with Gasteiger partial charge in [0.15, 0.2) is 0 Å². The van der Waals surface area contributed by atoms with E-state index in [0.29, 0.717) is 6.42 Å². The Labute approximate surface area is 144 Å². The van der Waals surface area contributed by atoms with Crippen LogP contribution in [0, 0.1) is 17.2 Å². The molecule has 3 atom stereocenters. The van der Waals surface area contributed by atoms with Gasteiger partial charge in [-0.1, -0.05) is 0 Å². The lowest BCUT2D eigenvalue weighted by Crippen LogP contribution is -2.31. The molecule has 3 amide bonds. The molecule has 1 aliphatic heterocycles. The van der Waals surface area contributed by atoms with Crippen molar-refractivity contribution in [2.45, 2.75) is 43.7 Å². The Morgan fingerprint density at radius 2 is 2.00 bits per heavy atom. The van der Waals surface area contributed by atoms with Gasteiger partial charge in [0.05, 0.1) is 12.0 Å². The number of rotatable bonds is 10. The van der Waals surface area contributed by atoms with E-state index >= 15 is 0 Å². The van der Waals surface area contributed by atoms with Crippen LogP contribution in [0.5, 0.6) is 0 Å². The third-order valence-electron chi connectivity index (χ3n) is 3.59. The summed E-state index contributed by atoms with van der Waals surface area (Å²) in [6.45, 7) is 0.136. The van der Waals surface area contributed by atoms with Crippen LogP contribution >= 0.6 is 11.6 Å². The zero-order chi connectivity index (χ0) is 18.1. The molecule has 7 nitrogen and oxygen atoms in total. The number of nitrogens with one attached hydrogen (secondary N) is 1. The summed E-state index contributed by atoms with van der Waals surface area (Å²) in [5.74, 6) is -2.14. The normalized spacial score (nSPS) is 17.5. The molecule has 24 heavy (non-hydrogen) atoms. The highest BCUT2D eigenvalue weighted by atomic mass is 35.5. The first-order chi connectivity index (χ1) is 11.4. The minimum absolute atomic E-state index is 0.0411. The van der Waals surface area contributed by atoms with Gasteiger partial charge in [-0.2, -0.15) is 5.26 Å². The number of carbonyl (C=O) groups is 3. The maximum atomic E-state index is 14.0. The summed E-state index contributed by atoms with van der Waals surface area (Å²) in [6, 6.07) is 1.95. The summed E-state index contributed by atoms with van der Waals surface area (Å²) in [5.41, 5.74) is 1.44. The summed E-state index contributed by atoms with van der Waals surface area (Å²) < 4.78 is 14.0. The largest absolute Gasteiger partial charge is 0.289 e. The van der Waals surface area contributed by atoms with Crippen LogP contribution in [-0.2, 0) is 14.4 Å². The van der Waals surface area contributed by atoms with E-state index in [0.717, 1.165) is 4.90 Å². The number of hydrogen-bond acceptors (Lipinski definition) is 5. The topological polar surface area (TPSA) is 111 Å². The molecule has 0 aromatic carbocycles. The van der Waals surface area contributed by atoms with Crippen LogP contribution in [0.1, 0.15) is 32.1 Å². The van der Waals surface area contributed by atoms with Crippen molar-refractivity contribution in [3.63, 3.8) is 0 Å². The molecular formula is C15H19ClFN3O4. The van der Waals surface area contributed by atoms with Gasteiger partial charge in [0, 0.05) is 30.5 Å². The molecule has 0 aromatic rings. The molecule has 1 heterocycles. The van der Waals surface area contributed by atoms with Crippen molar-refractivity contribution in [1.29, 1.82) is 5.26 Å². The van der Waals surface area contributed by atoms with Crippen LogP contribution < -0.4 is 5.48 Å². The third kappa shape index (κ3) is 6.64. The van der Waals surface area contributed by atoms with E-state index in [1.807, 2.05) is 6.07 Å². The Morgan fingerprint density at radius 3 is 2.54 bits per heavy atom. The average Bonchev–Trinajstić information content (AvgIpc) is 2.85. The molecule has 1 aliphatic rings. The van der Waals surface area contributed by atoms with E-state index in [2.05, 4.69) is 0 Å². The number of alkyl halides is 2. The maximum absolute atomic E-state index is 14.0. The minimum Gasteiger partial charge on any atom is -0.289 e. The number of amides is 3. The number of nitriles is 1. The van der Waals surface area contributed by atoms with Gasteiger partial charge in [0.1, 0.15) is 6.17 Å². The first-order valence-corrected chi connectivity index (χ1v) is 7.95. The Balaban J connectivity index is 2.30. The summed E-state index contributed by atoms with van der Waals surface area (Å²) in [6.07, 6.45) is 1.40. The summed E-state index contributed by atoms with van der Waals surface area (Å²) in [4.78, 5) is 34.7. The Kier molecular flexibility index (Phi) is 8.36. The zero-order valence-electron chi connectivity index (χ0n) is 13.0. The van der Waals surface area contributed by atoms with E-state index in [-0.39, 0.29) is 32.2 Å². The SMILES string of the molecule is N#CC(CC(F)CCCN1C(=O)C=CC1=O)CC(Cl)CC(=O)NO. The molecule has 2 N–H and O–H groups in total. The number of halogens is 2. The molecule has 0 saturated carbocycles. The molecule has 0 fully saturated rings. The molecule has 132 valence electrons. The van der Waals surface area contributed by atoms with Gasteiger partial charge < -0.3 is 0 Å². The molecule has 0 aromatic heterocycles. The second-order valence-corrected chi connectivity index (χ2v) is 6.15. The van der Waals surface area contributed by atoms with Gasteiger partial charge in [0.25, 0.3) is 11.8 Å². The molecule has 0 radical (unpaired) electrons. The van der Waals surface area contributed by atoms with E-state index in [1.54, 1.807) is 0 Å². The standard InChI is InChI=1S/C15H19ClFN3O4/c16-11(8-13(21)19-24)6-10(9-18)7-12(17)2-1-5-20-14(22)3-4-15(20)23/h3-4,10-12,24H,1-2,5-8H2,(H,19,21). The highest BCUT2D eigenvalue weighted by Gasteiger charge is 2.24. The molecule has 0 aliphatic carbocycles. The fourth-order valence-corrected chi connectivity index (χ4v) is 2.74. The monoisotopic (exact) mass is 359 g/mol. The lowest BCUT2D eigenvalue weighted by Gasteiger charge is -2.17. The first kappa shape index (κ1) is 20.1. The molecular weight excluding hydrogens is 341 g/mol. The second-order valence-electron chi connectivity index (χ2n) is 5.53. The Hall–Kier alpha value is -1.98. The fraction of sp³-hybridized carbons (Fsp3) is 0.600. The predicted octanol–water partition coefficient (Wildman–Crippen LogP) is 1.45. The van der Waals surface area contributed by atoms with Gasteiger partial charge >= 0.3 is 0 Å². The molecule has 1 rings (SSSR count). The van der Waals surface area contributed by atoms with Crippen LogP contribution in [-0.4, -0.2) is 45.9 Å². The van der Waals surface area contributed by atoms with Gasteiger partial charge in [-0.3, -0.25) is 24.5 Å². The number of imide groups is 1. The summed E-state index contributed by atoms with van der Waals surface area (Å²) in [5, 5.41) is 16.8. The molecule has 0 bridgehead atoms. The van der Waals surface area contributed by atoms with Gasteiger partial charge in [-0.25, -0.2) is 9.87 Å². The van der Waals surface area contributed by atoms with E-state index < -0.39 is 35.2 Å². The lowest BCUT2D eigenvalue weighted by molar-refractivity contribution is -0.137. The molecule has 3 unspecified atom stereocenters. The van der Waals surface area contributed by atoms with Crippen LogP contribution in [0.25, 0.3) is 0 Å². The summed E-state index contributed by atoms with van der Waals surface area (Å²) in [7, 11) is 0. The highest BCUT2D eigenvalue weighted by molar-refractivity contribution is 6.21. The third-order valence-corrected chi connectivity index (χ3v) is 3.93. The van der Waals surface area contributed by atoms with Crippen LogP contribution in [0.15, 0.2) is 12.2 Å². The lowest BCUT2D eigenvalue weighted by atomic mass is 9.95. The second kappa shape index (κ2) is 10.0. The van der Waals surface area contributed by atoms with Crippen LogP contribution in [0.3, 0.4) is 0 Å². The van der Waals surface area contributed by atoms with Crippen molar-refractivity contribution in [1.82, 2.24) is 10.4 Å². The predicted molar refractivity (Wildman–Crippen MR) is 82.5 cm³/mol. The number of hydroxylamine groups is 1. The van der Waals surface area contributed by atoms with Crippen molar-refractivity contribution in [3.8, 4) is 6.07 Å².